The van der Waals surface area contributed by atoms with Gasteiger partial charge in [0, 0.05) is 35.3 Å². The number of hydrogen-bond donors (Lipinski definition) is 1. The maximum Gasteiger partial charge on any atom is 0.322 e. The van der Waals surface area contributed by atoms with Gasteiger partial charge in [0.25, 0.3) is 0 Å². The molecule has 0 unspecified atom stereocenters. The number of urea groups is 1. The minimum atomic E-state index is -0.349. The molecule has 1 N–H and O–H groups in total. The van der Waals surface area contributed by atoms with Gasteiger partial charge in [-0.1, -0.05) is 42.5 Å². The second-order valence-electron chi connectivity index (χ2n) is 9.64. The lowest BCUT2D eigenvalue weighted by Gasteiger charge is -2.28. The van der Waals surface area contributed by atoms with Crippen LogP contribution in [0.1, 0.15) is 15.3 Å². The Hall–Kier alpha value is -4.08. The number of fused-ring (bicyclic) bond motifs is 1. The molecule has 0 atom stereocenters. The molecule has 0 saturated carbocycles. The van der Waals surface area contributed by atoms with Crippen LogP contribution in [0.3, 0.4) is 0 Å². The van der Waals surface area contributed by atoms with Crippen LogP contribution < -0.4 is 14.8 Å². The maximum absolute atomic E-state index is 13.8. The van der Waals surface area contributed by atoms with E-state index in [9.17, 15) is 9.59 Å². The molecule has 0 spiro atoms. The number of benzene rings is 3. The number of hydrogen-bond acceptors (Lipinski definition) is 6. The summed E-state index contributed by atoms with van der Waals surface area (Å²) in [6, 6.07) is 23.2. The van der Waals surface area contributed by atoms with E-state index >= 15 is 0 Å². The van der Waals surface area contributed by atoms with E-state index < -0.39 is 0 Å². The summed E-state index contributed by atoms with van der Waals surface area (Å²) < 4.78 is 16.1. The molecule has 4 aromatic rings. The molecule has 9 heteroatoms. The summed E-state index contributed by atoms with van der Waals surface area (Å²) in [5.41, 5.74) is 1.72. The normalized spacial score (nSPS) is 10.8. The molecule has 3 aromatic carbocycles. The lowest BCUT2D eigenvalue weighted by molar-refractivity contribution is -0.132. The number of nitrogens with zero attached hydrogens (tertiary/aromatic N) is 2. The van der Waals surface area contributed by atoms with Gasteiger partial charge in [-0.15, -0.1) is 11.3 Å². The van der Waals surface area contributed by atoms with Crippen LogP contribution in [0, 0.1) is 6.92 Å². The van der Waals surface area contributed by atoms with Crippen molar-refractivity contribution in [1.82, 2.24) is 9.80 Å². The number of rotatable bonds is 13. The van der Waals surface area contributed by atoms with E-state index in [1.54, 1.807) is 32.7 Å². The second-order valence-corrected chi connectivity index (χ2v) is 11.0. The van der Waals surface area contributed by atoms with E-state index in [2.05, 4.69) is 11.4 Å². The molecule has 41 heavy (non-hydrogen) atoms. The zero-order chi connectivity index (χ0) is 29.2. The fraction of sp³-hybridized carbons (Fsp3) is 0.312. The van der Waals surface area contributed by atoms with Gasteiger partial charge in [-0.25, -0.2) is 4.79 Å². The molecule has 3 amide bonds. The number of ether oxygens (including phenoxy) is 3. The highest BCUT2D eigenvalue weighted by atomic mass is 32.1. The first-order chi connectivity index (χ1) is 19.9. The highest BCUT2D eigenvalue weighted by Gasteiger charge is 2.23. The van der Waals surface area contributed by atoms with Crippen molar-refractivity contribution in [2.75, 3.05) is 52.9 Å². The van der Waals surface area contributed by atoms with Crippen molar-refractivity contribution in [2.45, 2.75) is 19.9 Å². The zero-order valence-corrected chi connectivity index (χ0v) is 24.8. The Labute approximate surface area is 245 Å². The molecule has 1 aromatic heterocycles. The Morgan fingerprint density at radius 1 is 0.854 bits per heavy atom. The molecule has 1 heterocycles. The van der Waals surface area contributed by atoms with Crippen LogP contribution >= 0.6 is 11.3 Å². The lowest BCUT2D eigenvalue weighted by Crippen LogP contribution is -2.46. The zero-order valence-electron chi connectivity index (χ0n) is 24.0. The average molecular weight is 576 g/mol. The number of carbonyl (C=O) groups excluding carboxylic acids is 2. The van der Waals surface area contributed by atoms with Crippen LogP contribution in [-0.4, -0.2) is 69.3 Å². The molecule has 8 nitrogen and oxygen atoms in total. The first kappa shape index (κ1) is 29.9. The van der Waals surface area contributed by atoms with Gasteiger partial charge >= 0.3 is 6.03 Å². The minimum absolute atomic E-state index is 0.0732. The Bertz CT molecular complexity index is 1470. The molecule has 0 aliphatic rings. The topological polar surface area (TPSA) is 80.3 Å². The summed E-state index contributed by atoms with van der Waals surface area (Å²) in [5.74, 6) is 1.16. The second kappa shape index (κ2) is 14.5. The van der Waals surface area contributed by atoms with Gasteiger partial charge in [0.1, 0.15) is 6.54 Å². The van der Waals surface area contributed by atoms with E-state index in [1.165, 1.54) is 9.78 Å². The van der Waals surface area contributed by atoms with Crippen LogP contribution in [0.5, 0.6) is 11.5 Å². The number of anilines is 1. The van der Waals surface area contributed by atoms with Crippen molar-refractivity contribution in [1.29, 1.82) is 0 Å². The molecule has 0 saturated heterocycles. The molecular weight excluding hydrogens is 538 g/mol. The molecule has 4 rings (SSSR count). The molecule has 0 radical (unpaired) electrons. The number of nitrogens with one attached hydrogen (secondary N) is 1. The van der Waals surface area contributed by atoms with Crippen LogP contribution in [0.25, 0.3) is 10.8 Å². The average Bonchev–Trinajstić information content (AvgIpc) is 3.41. The minimum Gasteiger partial charge on any atom is -0.493 e. The Morgan fingerprint density at radius 2 is 1.63 bits per heavy atom. The summed E-state index contributed by atoms with van der Waals surface area (Å²) in [4.78, 5) is 32.8. The summed E-state index contributed by atoms with van der Waals surface area (Å²) in [6.07, 6.45) is 0.622. The Kier molecular flexibility index (Phi) is 10.6. The number of aryl methyl sites for hydroxylation is 1. The van der Waals surface area contributed by atoms with Crippen LogP contribution in [0.4, 0.5) is 10.5 Å². The van der Waals surface area contributed by atoms with E-state index in [-0.39, 0.29) is 25.0 Å². The van der Waals surface area contributed by atoms with Gasteiger partial charge in [0.05, 0.1) is 33.1 Å². The summed E-state index contributed by atoms with van der Waals surface area (Å²) in [5, 5.41) is 4.97. The van der Waals surface area contributed by atoms with Crippen molar-refractivity contribution in [3.8, 4) is 11.5 Å². The predicted molar refractivity (Wildman–Crippen MR) is 164 cm³/mol. The summed E-state index contributed by atoms with van der Waals surface area (Å²) in [6.45, 7) is 3.51. The number of thiophene rings is 1. The number of methoxy groups -OCH3 is 3. The van der Waals surface area contributed by atoms with Gasteiger partial charge in [0.15, 0.2) is 11.5 Å². The fourth-order valence-electron chi connectivity index (χ4n) is 4.60. The smallest absolute Gasteiger partial charge is 0.322 e. The molecule has 216 valence electrons. The molecule has 0 aliphatic heterocycles. The highest BCUT2D eigenvalue weighted by Crippen LogP contribution is 2.28. The van der Waals surface area contributed by atoms with Crippen LogP contribution in [-0.2, 0) is 22.5 Å². The van der Waals surface area contributed by atoms with E-state index in [0.717, 1.165) is 21.2 Å². The predicted octanol–water partition coefficient (Wildman–Crippen LogP) is 5.98. The quantitative estimate of drug-likeness (QED) is 0.212. The van der Waals surface area contributed by atoms with Crippen LogP contribution in [0.2, 0.25) is 0 Å². The summed E-state index contributed by atoms with van der Waals surface area (Å²) >= 11 is 1.66. The van der Waals surface area contributed by atoms with Crippen LogP contribution in [0.15, 0.2) is 72.8 Å². The van der Waals surface area contributed by atoms with E-state index in [0.29, 0.717) is 43.3 Å². The van der Waals surface area contributed by atoms with Gasteiger partial charge in [-0.2, -0.15) is 0 Å². The van der Waals surface area contributed by atoms with Gasteiger partial charge in [-0.3, -0.25) is 4.79 Å². The molecule has 0 aliphatic carbocycles. The van der Waals surface area contributed by atoms with Crippen molar-refractivity contribution < 1.29 is 23.8 Å². The summed E-state index contributed by atoms with van der Waals surface area (Å²) in [7, 11) is 4.79. The highest BCUT2D eigenvalue weighted by molar-refractivity contribution is 7.11. The van der Waals surface area contributed by atoms with E-state index in [1.807, 2.05) is 78.6 Å². The number of carbonyl (C=O) groups is 2. The first-order valence-corrected chi connectivity index (χ1v) is 14.3. The van der Waals surface area contributed by atoms with Crippen molar-refractivity contribution in [2.24, 2.45) is 0 Å². The third-order valence-electron chi connectivity index (χ3n) is 6.82. The largest absolute Gasteiger partial charge is 0.493 e. The van der Waals surface area contributed by atoms with Gasteiger partial charge in [-0.05, 0) is 54.6 Å². The standard InChI is InChI=1S/C32H37N3O5S/c1-23-12-14-26(41-23)21-34(17-16-24-13-15-29(39-3)30(20-24)40-4)31(36)22-35(18-19-38-2)32(37)33-28-11-7-9-25-8-5-6-10-27(25)28/h5-15,20H,16-19,21-22H2,1-4H3,(H,33,37). The molecule has 0 bridgehead atoms. The lowest BCUT2D eigenvalue weighted by atomic mass is 10.1. The third-order valence-corrected chi connectivity index (χ3v) is 7.81. The van der Waals surface area contributed by atoms with Gasteiger partial charge < -0.3 is 29.3 Å². The van der Waals surface area contributed by atoms with Crippen molar-refractivity contribution in [3.05, 3.63) is 88.1 Å². The number of amides is 3. The monoisotopic (exact) mass is 575 g/mol. The third kappa shape index (κ3) is 7.99. The van der Waals surface area contributed by atoms with Crippen molar-refractivity contribution >= 4 is 39.7 Å². The van der Waals surface area contributed by atoms with Gasteiger partial charge in [0.2, 0.25) is 5.91 Å². The van der Waals surface area contributed by atoms with Crippen molar-refractivity contribution in [3.63, 3.8) is 0 Å². The first-order valence-electron chi connectivity index (χ1n) is 13.5. The molecular formula is C32H37N3O5S. The fourth-order valence-corrected chi connectivity index (χ4v) is 5.50. The Morgan fingerprint density at radius 3 is 2.37 bits per heavy atom. The Balaban J connectivity index is 1.51. The molecule has 0 fully saturated rings. The van der Waals surface area contributed by atoms with E-state index in [4.69, 9.17) is 14.2 Å². The maximum atomic E-state index is 13.8. The SMILES string of the molecule is COCCN(CC(=O)N(CCc1ccc(OC)c(OC)c1)Cc1ccc(C)s1)C(=O)Nc1cccc2ccccc12.